The van der Waals surface area contributed by atoms with Crippen LogP contribution in [-0.2, 0) is 4.79 Å². The molecule has 0 bridgehead atoms. The van der Waals surface area contributed by atoms with Gasteiger partial charge in [-0.1, -0.05) is 0 Å². The Labute approximate surface area is 103 Å². The van der Waals surface area contributed by atoms with E-state index in [0.29, 0.717) is 5.82 Å². The number of carbonyl (C=O) groups is 1. The number of rotatable bonds is 2. The number of anilines is 1. The lowest BCUT2D eigenvalue weighted by Gasteiger charge is -2.12. The first-order chi connectivity index (χ1) is 7.66. The zero-order valence-electron chi connectivity index (χ0n) is 9.09. The zero-order valence-corrected chi connectivity index (χ0v) is 10.7. The quantitative estimate of drug-likeness (QED) is 0.871. The van der Waals surface area contributed by atoms with Crippen LogP contribution in [0.25, 0.3) is 0 Å². The molecule has 0 aliphatic carbocycles. The maximum Gasteiger partial charge on any atom is 0.242 e. The molecule has 4 nitrogen and oxygen atoms in total. The molecule has 1 fully saturated rings. The van der Waals surface area contributed by atoms with Crippen LogP contribution >= 0.6 is 15.9 Å². The predicted molar refractivity (Wildman–Crippen MR) is 66.3 cm³/mol. The first kappa shape index (κ1) is 11.5. The van der Waals surface area contributed by atoms with Crippen molar-refractivity contribution in [3.63, 3.8) is 0 Å². The van der Waals surface area contributed by atoms with Gasteiger partial charge in [-0.2, -0.15) is 0 Å². The minimum absolute atomic E-state index is 0.00965. The highest BCUT2D eigenvalue weighted by molar-refractivity contribution is 9.10. The third kappa shape index (κ3) is 2.59. The van der Waals surface area contributed by atoms with Gasteiger partial charge in [0, 0.05) is 10.7 Å². The highest BCUT2D eigenvalue weighted by atomic mass is 79.9. The molecule has 86 valence electrons. The summed E-state index contributed by atoms with van der Waals surface area (Å²) in [6.07, 6.45) is 3.65. The average molecular weight is 284 g/mol. The van der Waals surface area contributed by atoms with Gasteiger partial charge in [0.25, 0.3) is 0 Å². The van der Waals surface area contributed by atoms with E-state index in [1.165, 1.54) is 0 Å². The van der Waals surface area contributed by atoms with Gasteiger partial charge in [-0.15, -0.1) is 0 Å². The molecular formula is C11H14BrN3O. The lowest BCUT2D eigenvalue weighted by molar-refractivity contribution is -0.117. The molecule has 2 rings (SSSR count). The van der Waals surface area contributed by atoms with Gasteiger partial charge in [-0.3, -0.25) is 4.79 Å². The van der Waals surface area contributed by atoms with E-state index in [2.05, 4.69) is 31.5 Å². The topological polar surface area (TPSA) is 54.0 Å². The standard InChI is InChI=1S/C11H14BrN3O/c1-7-5-8(12)6-14-10(7)15-11(16)9-3-2-4-13-9/h5-6,9,13H,2-4H2,1H3,(H,14,15,16)/t9-/m0/s1. The molecule has 2 heterocycles. The molecule has 0 spiro atoms. The van der Waals surface area contributed by atoms with Crippen LogP contribution in [0.3, 0.4) is 0 Å². The molecule has 1 aromatic rings. The minimum Gasteiger partial charge on any atom is -0.309 e. The molecule has 16 heavy (non-hydrogen) atoms. The lowest BCUT2D eigenvalue weighted by atomic mass is 10.2. The fraction of sp³-hybridized carbons (Fsp3) is 0.455. The van der Waals surface area contributed by atoms with Gasteiger partial charge < -0.3 is 10.6 Å². The van der Waals surface area contributed by atoms with Crippen LogP contribution in [0.2, 0.25) is 0 Å². The van der Waals surface area contributed by atoms with Gasteiger partial charge in [-0.25, -0.2) is 4.98 Å². The Morgan fingerprint density at radius 1 is 1.69 bits per heavy atom. The van der Waals surface area contributed by atoms with Crippen molar-refractivity contribution < 1.29 is 4.79 Å². The Balaban J connectivity index is 2.05. The Morgan fingerprint density at radius 3 is 3.12 bits per heavy atom. The molecule has 0 saturated carbocycles. The number of aromatic nitrogens is 1. The molecule has 0 aromatic carbocycles. The SMILES string of the molecule is Cc1cc(Br)cnc1NC(=O)[C@@H]1CCCN1. The molecule has 2 N–H and O–H groups in total. The number of hydrogen-bond donors (Lipinski definition) is 2. The number of halogens is 1. The maximum absolute atomic E-state index is 11.8. The summed E-state index contributed by atoms with van der Waals surface area (Å²) < 4.78 is 0.919. The highest BCUT2D eigenvalue weighted by Crippen LogP contribution is 2.17. The second kappa shape index (κ2) is 4.93. The second-order valence-electron chi connectivity index (χ2n) is 3.96. The monoisotopic (exact) mass is 283 g/mol. The Bertz CT molecular complexity index is 402. The van der Waals surface area contributed by atoms with E-state index in [-0.39, 0.29) is 11.9 Å². The van der Waals surface area contributed by atoms with Gasteiger partial charge in [0.1, 0.15) is 5.82 Å². The summed E-state index contributed by atoms with van der Waals surface area (Å²) >= 11 is 3.34. The van der Waals surface area contributed by atoms with Crippen molar-refractivity contribution in [3.8, 4) is 0 Å². The van der Waals surface area contributed by atoms with E-state index >= 15 is 0 Å². The number of carbonyl (C=O) groups excluding carboxylic acids is 1. The molecule has 1 aliphatic rings. The van der Waals surface area contributed by atoms with Crippen molar-refractivity contribution in [2.75, 3.05) is 11.9 Å². The summed E-state index contributed by atoms with van der Waals surface area (Å²) in [5.74, 6) is 0.650. The summed E-state index contributed by atoms with van der Waals surface area (Å²) in [7, 11) is 0. The van der Waals surface area contributed by atoms with E-state index in [4.69, 9.17) is 0 Å². The van der Waals surface area contributed by atoms with E-state index in [1.54, 1.807) is 6.20 Å². The van der Waals surface area contributed by atoms with Crippen molar-refractivity contribution in [1.29, 1.82) is 0 Å². The van der Waals surface area contributed by atoms with Gasteiger partial charge >= 0.3 is 0 Å². The van der Waals surface area contributed by atoms with Gasteiger partial charge in [0.15, 0.2) is 0 Å². The molecule has 1 amide bonds. The van der Waals surface area contributed by atoms with Gasteiger partial charge in [-0.05, 0) is 53.9 Å². The third-order valence-corrected chi connectivity index (χ3v) is 3.10. The smallest absolute Gasteiger partial charge is 0.242 e. The second-order valence-corrected chi connectivity index (χ2v) is 4.87. The largest absolute Gasteiger partial charge is 0.309 e. The van der Waals surface area contributed by atoms with Gasteiger partial charge in [0.2, 0.25) is 5.91 Å². The van der Waals surface area contributed by atoms with E-state index < -0.39 is 0 Å². The van der Waals surface area contributed by atoms with E-state index in [9.17, 15) is 4.79 Å². The fourth-order valence-electron chi connectivity index (χ4n) is 1.78. The Morgan fingerprint density at radius 2 is 2.50 bits per heavy atom. The zero-order chi connectivity index (χ0) is 11.5. The maximum atomic E-state index is 11.8. The summed E-state index contributed by atoms with van der Waals surface area (Å²) in [4.78, 5) is 16.0. The van der Waals surface area contributed by atoms with Crippen molar-refractivity contribution in [2.24, 2.45) is 0 Å². The Hall–Kier alpha value is -0.940. The molecule has 1 aliphatic heterocycles. The van der Waals surface area contributed by atoms with E-state index in [1.807, 2.05) is 13.0 Å². The van der Waals surface area contributed by atoms with Crippen molar-refractivity contribution >= 4 is 27.7 Å². The van der Waals surface area contributed by atoms with Crippen LogP contribution in [0.1, 0.15) is 18.4 Å². The van der Waals surface area contributed by atoms with Crippen LogP contribution in [0, 0.1) is 6.92 Å². The number of hydrogen-bond acceptors (Lipinski definition) is 3. The molecule has 1 atom stereocenters. The van der Waals surface area contributed by atoms with Crippen molar-refractivity contribution in [1.82, 2.24) is 10.3 Å². The van der Waals surface area contributed by atoms with E-state index in [0.717, 1.165) is 29.4 Å². The van der Waals surface area contributed by atoms with Gasteiger partial charge in [0.05, 0.1) is 6.04 Å². The van der Waals surface area contributed by atoms with Crippen LogP contribution < -0.4 is 10.6 Å². The minimum atomic E-state index is -0.0650. The number of amides is 1. The summed E-state index contributed by atoms with van der Waals surface area (Å²) in [5.41, 5.74) is 0.959. The molecule has 1 saturated heterocycles. The summed E-state index contributed by atoms with van der Waals surface area (Å²) in [5, 5.41) is 6.00. The highest BCUT2D eigenvalue weighted by Gasteiger charge is 2.22. The fourth-order valence-corrected chi connectivity index (χ4v) is 2.23. The molecule has 0 radical (unpaired) electrons. The van der Waals surface area contributed by atoms with Crippen LogP contribution in [0.5, 0.6) is 0 Å². The first-order valence-electron chi connectivity index (χ1n) is 5.33. The Kier molecular flexibility index (Phi) is 3.56. The molecule has 5 heteroatoms. The number of aryl methyl sites for hydroxylation is 1. The summed E-state index contributed by atoms with van der Waals surface area (Å²) in [6, 6.07) is 1.87. The van der Waals surface area contributed by atoms with Crippen molar-refractivity contribution in [3.05, 3.63) is 22.3 Å². The lowest BCUT2D eigenvalue weighted by Crippen LogP contribution is -2.35. The number of nitrogens with one attached hydrogen (secondary N) is 2. The number of pyridine rings is 1. The first-order valence-corrected chi connectivity index (χ1v) is 6.12. The van der Waals surface area contributed by atoms with Crippen molar-refractivity contribution in [2.45, 2.75) is 25.8 Å². The van der Waals surface area contributed by atoms with Crippen LogP contribution in [0.4, 0.5) is 5.82 Å². The predicted octanol–water partition coefficient (Wildman–Crippen LogP) is 1.84. The normalized spacial score (nSPS) is 19.8. The molecular weight excluding hydrogens is 270 g/mol. The number of nitrogens with zero attached hydrogens (tertiary/aromatic N) is 1. The third-order valence-electron chi connectivity index (χ3n) is 2.66. The van der Waals surface area contributed by atoms with Crippen LogP contribution in [0.15, 0.2) is 16.7 Å². The molecule has 0 unspecified atom stereocenters. The average Bonchev–Trinajstić information content (AvgIpc) is 2.75. The molecule has 1 aromatic heterocycles. The van der Waals surface area contributed by atoms with Crippen LogP contribution in [-0.4, -0.2) is 23.5 Å². The summed E-state index contributed by atoms with van der Waals surface area (Å²) in [6.45, 7) is 2.85.